The lowest BCUT2D eigenvalue weighted by Crippen LogP contribution is -2.48. The molecule has 1 aliphatic heterocycles. The molecule has 1 aromatic rings. The number of hydrogen-bond donors (Lipinski definition) is 1. The normalized spacial score (nSPS) is 16.3. The molecule has 23 heavy (non-hydrogen) atoms. The molecule has 0 bridgehead atoms. The molecule has 0 saturated carbocycles. The number of rotatable bonds is 5. The van der Waals surface area contributed by atoms with Crippen LogP contribution in [0.15, 0.2) is 6.07 Å². The highest BCUT2D eigenvalue weighted by Crippen LogP contribution is 2.29. The van der Waals surface area contributed by atoms with Crippen molar-refractivity contribution < 1.29 is 9.53 Å². The fourth-order valence-corrected chi connectivity index (χ4v) is 3.38. The highest BCUT2D eigenvalue weighted by molar-refractivity contribution is 5.78. The van der Waals surface area contributed by atoms with Gasteiger partial charge in [-0.05, 0) is 61.9 Å². The summed E-state index contributed by atoms with van der Waals surface area (Å²) in [6, 6.07) is 2.11. The van der Waals surface area contributed by atoms with Gasteiger partial charge in [0, 0.05) is 32.1 Å². The summed E-state index contributed by atoms with van der Waals surface area (Å²) in [5, 5.41) is 3.29. The second-order valence-corrected chi connectivity index (χ2v) is 6.64. The van der Waals surface area contributed by atoms with Gasteiger partial charge in [0.1, 0.15) is 5.75 Å². The van der Waals surface area contributed by atoms with Gasteiger partial charge in [-0.25, -0.2) is 0 Å². The molecule has 0 aliphatic carbocycles. The fourth-order valence-electron chi connectivity index (χ4n) is 3.38. The van der Waals surface area contributed by atoms with Crippen molar-refractivity contribution in [2.75, 3.05) is 33.3 Å². The van der Waals surface area contributed by atoms with E-state index < -0.39 is 0 Å². The van der Waals surface area contributed by atoms with E-state index in [0.29, 0.717) is 5.91 Å². The average molecular weight is 318 g/mol. The molecule has 1 aliphatic rings. The zero-order valence-electron chi connectivity index (χ0n) is 15.2. The molecule has 0 spiro atoms. The van der Waals surface area contributed by atoms with Crippen LogP contribution in [0.3, 0.4) is 0 Å². The quantitative estimate of drug-likeness (QED) is 0.907. The second-order valence-electron chi connectivity index (χ2n) is 6.64. The smallest absolute Gasteiger partial charge is 0.225 e. The summed E-state index contributed by atoms with van der Waals surface area (Å²) in [7, 11) is 1.72. The molecule has 2 rings (SSSR count). The van der Waals surface area contributed by atoms with Gasteiger partial charge in [-0.3, -0.25) is 4.79 Å². The number of benzene rings is 1. The van der Waals surface area contributed by atoms with E-state index in [9.17, 15) is 4.79 Å². The van der Waals surface area contributed by atoms with Crippen LogP contribution in [-0.2, 0) is 11.2 Å². The van der Waals surface area contributed by atoms with Crippen molar-refractivity contribution in [1.29, 1.82) is 0 Å². The van der Waals surface area contributed by atoms with E-state index in [1.54, 1.807) is 7.11 Å². The summed E-state index contributed by atoms with van der Waals surface area (Å²) in [4.78, 5) is 14.5. The first kappa shape index (κ1) is 17.8. The van der Waals surface area contributed by atoms with Crippen LogP contribution in [0.5, 0.6) is 5.75 Å². The van der Waals surface area contributed by atoms with Gasteiger partial charge in [0.15, 0.2) is 0 Å². The molecule has 1 fully saturated rings. The lowest BCUT2D eigenvalue weighted by molar-refractivity contribution is -0.135. The third kappa shape index (κ3) is 4.05. The Labute approximate surface area is 140 Å². The maximum absolute atomic E-state index is 12.5. The molecule has 128 valence electrons. The van der Waals surface area contributed by atoms with E-state index in [1.165, 1.54) is 22.3 Å². The number of carbonyl (C=O) groups is 1. The predicted octanol–water partition coefficient (Wildman–Crippen LogP) is 2.62. The Kier molecular flexibility index (Phi) is 6.05. The highest BCUT2D eigenvalue weighted by atomic mass is 16.5. The molecule has 4 nitrogen and oxygen atoms in total. The Hall–Kier alpha value is -1.55. The van der Waals surface area contributed by atoms with E-state index >= 15 is 0 Å². The Bertz CT molecular complexity index is 563. The number of hydrogen-bond acceptors (Lipinski definition) is 3. The maximum Gasteiger partial charge on any atom is 0.225 e. The largest absolute Gasteiger partial charge is 0.496 e. The van der Waals surface area contributed by atoms with Crippen LogP contribution in [-0.4, -0.2) is 44.1 Å². The van der Waals surface area contributed by atoms with Crippen LogP contribution in [0.1, 0.15) is 35.6 Å². The number of methoxy groups -OCH3 is 1. The number of nitrogens with zero attached hydrogens (tertiary/aromatic N) is 1. The Morgan fingerprint density at radius 2 is 1.91 bits per heavy atom. The van der Waals surface area contributed by atoms with Crippen molar-refractivity contribution in [3.05, 3.63) is 28.3 Å². The standard InChI is InChI=1S/C19H30N2O2/c1-13(19(22)21-10-8-20-9-11-21)6-7-17-14(2)12-18(23-5)16(4)15(17)3/h12-13,20H,6-11H2,1-5H3. The van der Waals surface area contributed by atoms with Crippen LogP contribution < -0.4 is 10.1 Å². The van der Waals surface area contributed by atoms with Crippen molar-refractivity contribution in [2.45, 2.75) is 40.5 Å². The fraction of sp³-hybridized carbons (Fsp3) is 0.632. The van der Waals surface area contributed by atoms with Crippen LogP contribution in [0, 0.1) is 26.7 Å². The van der Waals surface area contributed by atoms with Gasteiger partial charge in [-0.15, -0.1) is 0 Å². The molecular weight excluding hydrogens is 288 g/mol. The van der Waals surface area contributed by atoms with E-state index in [-0.39, 0.29) is 5.92 Å². The molecular formula is C19H30N2O2. The lowest BCUT2D eigenvalue weighted by Gasteiger charge is -2.30. The van der Waals surface area contributed by atoms with Gasteiger partial charge in [-0.2, -0.15) is 0 Å². The zero-order chi connectivity index (χ0) is 17.0. The van der Waals surface area contributed by atoms with Crippen molar-refractivity contribution in [3.8, 4) is 5.75 Å². The number of aryl methyl sites for hydroxylation is 1. The summed E-state index contributed by atoms with van der Waals surface area (Å²) >= 11 is 0. The summed E-state index contributed by atoms with van der Waals surface area (Å²) in [5.74, 6) is 1.33. The van der Waals surface area contributed by atoms with E-state index in [4.69, 9.17) is 4.74 Å². The number of ether oxygens (including phenoxy) is 1. The minimum absolute atomic E-state index is 0.0781. The first-order chi connectivity index (χ1) is 11.0. The van der Waals surface area contributed by atoms with Gasteiger partial charge >= 0.3 is 0 Å². The van der Waals surface area contributed by atoms with Crippen LogP contribution >= 0.6 is 0 Å². The number of carbonyl (C=O) groups excluding carboxylic acids is 1. The Morgan fingerprint density at radius 1 is 1.26 bits per heavy atom. The summed E-state index contributed by atoms with van der Waals surface area (Å²) < 4.78 is 5.44. The van der Waals surface area contributed by atoms with E-state index in [0.717, 1.165) is 44.8 Å². The topological polar surface area (TPSA) is 41.6 Å². The molecule has 1 heterocycles. The lowest BCUT2D eigenvalue weighted by atomic mass is 9.91. The molecule has 1 amide bonds. The predicted molar refractivity (Wildman–Crippen MR) is 94.1 cm³/mol. The molecule has 1 unspecified atom stereocenters. The van der Waals surface area contributed by atoms with Gasteiger partial charge in [0.25, 0.3) is 0 Å². The van der Waals surface area contributed by atoms with E-state index in [2.05, 4.69) is 39.1 Å². The van der Waals surface area contributed by atoms with Crippen molar-refractivity contribution in [1.82, 2.24) is 10.2 Å². The number of piperazine rings is 1. The maximum atomic E-state index is 12.5. The molecule has 1 saturated heterocycles. The summed E-state index contributed by atoms with van der Waals surface area (Å²) in [6.45, 7) is 11.9. The van der Waals surface area contributed by atoms with E-state index in [1.807, 2.05) is 4.90 Å². The van der Waals surface area contributed by atoms with Gasteiger partial charge < -0.3 is 15.0 Å². The van der Waals surface area contributed by atoms with Crippen LogP contribution in [0.2, 0.25) is 0 Å². The van der Waals surface area contributed by atoms with Crippen molar-refractivity contribution in [2.24, 2.45) is 5.92 Å². The van der Waals surface area contributed by atoms with Crippen molar-refractivity contribution >= 4 is 5.91 Å². The molecule has 0 aromatic heterocycles. The number of nitrogens with one attached hydrogen (secondary N) is 1. The summed E-state index contributed by atoms with van der Waals surface area (Å²) in [6.07, 6.45) is 1.84. The average Bonchev–Trinajstić information content (AvgIpc) is 2.57. The molecule has 4 heteroatoms. The van der Waals surface area contributed by atoms with Gasteiger partial charge in [0.05, 0.1) is 7.11 Å². The van der Waals surface area contributed by atoms with Crippen LogP contribution in [0.4, 0.5) is 0 Å². The molecule has 1 N–H and O–H groups in total. The minimum atomic E-state index is 0.0781. The Balaban J connectivity index is 2.02. The summed E-state index contributed by atoms with van der Waals surface area (Å²) in [5.41, 5.74) is 5.12. The van der Waals surface area contributed by atoms with Gasteiger partial charge in [0.2, 0.25) is 5.91 Å². The third-order valence-corrected chi connectivity index (χ3v) is 5.11. The monoisotopic (exact) mass is 318 g/mol. The molecule has 1 atom stereocenters. The van der Waals surface area contributed by atoms with Crippen molar-refractivity contribution in [3.63, 3.8) is 0 Å². The first-order valence-corrected chi connectivity index (χ1v) is 8.58. The number of amides is 1. The SMILES string of the molecule is COc1cc(C)c(CCC(C)C(=O)N2CCNCC2)c(C)c1C. The van der Waals surface area contributed by atoms with Crippen LogP contribution in [0.25, 0.3) is 0 Å². The molecule has 0 radical (unpaired) electrons. The third-order valence-electron chi connectivity index (χ3n) is 5.11. The minimum Gasteiger partial charge on any atom is -0.496 e. The molecule has 1 aromatic carbocycles. The Morgan fingerprint density at radius 3 is 2.52 bits per heavy atom. The first-order valence-electron chi connectivity index (χ1n) is 8.58. The highest BCUT2D eigenvalue weighted by Gasteiger charge is 2.22. The zero-order valence-corrected chi connectivity index (χ0v) is 15.2. The van der Waals surface area contributed by atoms with Gasteiger partial charge in [-0.1, -0.05) is 6.92 Å². The second kappa shape index (κ2) is 7.82.